The molecule has 7 heteroatoms. The van der Waals surface area contributed by atoms with Crippen LogP contribution in [0.3, 0.4) is 0 Å². The summed E-state index contributed by atoms with van der Waals surface area (Å²) in [6.07, 6.45) is 5.33. The molecule has 0 amide bonds. The van der Waals surface area contributed by atoms with Crippen molar-refractivity contribution in [3.63, 3.8) is 0 Å². The molecule has 2 saturated heterocycles. The van der Waals surface area contributed by atoms with Crippen molar-refractivity contribution < 1.29 is 4.74 Å². The van der Waals surface area contributed by atoms with Gasteiger partial charge in [0.05, 0.1) is 6.10 Å². The Labute approximate surface area is 143 Å². The van der Waals surface area contributed by atoms with E-state index in [2.05, 4.69) is 44.2 Å². The summed E-state index contributed by atoms with van der Waals surface area (Å²) in [4.78, 5) is 11.2. The third-order valence-electron chi connectivity index (χ3n) is 6.21. The number of rotatable bonds is 2. The van der Waals surface area contributed by atoms with Gasteiger partial charge in [-0.15, -0.1) is 0 Å². The van der Waals surface area contributed by atoms with Gasteiger partial charge in [-0.1, -0.05) is 13.8 Å². The summed E-state index contributed by atoms with van der Waals surface area (Å²) >= 11 is 0. The first-order chi connectivity index (χ1) is 11.6. The topological polar surface area (TPSA) is 78.4 Å². The summed E-state index contributed by atoms with van der Waals surface area (Å²) in [5.41, 5.74) is 0.176. The molecule has 3 heterocycles. The van der Waals surface area contributed by atoms with Gasteiger partial charge in [-0.05, 0) is 19.3 Å². The normalized spacial score (nSPS) is 33.2. The molecule has 0 bridgehead atoms. The summed E-state index contributed by atoms with van der Waals surface area (Å²) in [6.45, 7) is 7.52. The minimum Gasteiger partial charge on any atom is -0.377 e. The van der Waals surface area contributed by atoms with Crippen LogP contribution in [0.5, 0.6) is 0 Å². The van der Waals surface area contributed by atoms with Gasteiger partial charge in [0.1, 0.15) is 12.2 Å². The molecule has 7 nitrogen and oxygen atoms in total. The number of aromatic nitrogens is 3. The summed E-state index contributed by atoms with van der Waals surface area (Å²) in [7, 11) is 1.89. The maximum absolute atomic E-state index is 5.90. The fourth-order valence-electron chi connectivity index (χ4n) is 4.83. The summed E-state index contributed by atoms with van der Waals surface area (Å²) < 4.78 is 5.90. The molecule has 3 fully saturated rings. The monoisotopic (exact) mass is 332 g/mol. The number of H-pyrrole nitrogens is 1. The number of nitrogens with zero attached hydrogens (tertiary/aromatic N) is 4. The van der Waals surface area contributed by atoms with Crippen molar-refractivity contribution in [3.05, 3.63) is 12.2 Å². The number of hydrogen-bond acceptors (Lipinski definition) is 4. The van der Waals surface area contributed by atoms with E-state index in [-0.39, 0.29) is 5.41 Å². The Hall–Kier alpha value is -1.63. The van der Waals surface area contributed by atoms with E-state index < -0.39 is 0 Å². The van der Waals surface area contributed by atoms with E-state index in [1.807, 2.05) is 7.05 Å². The highest BCUT2D eigenvalue weighted by Crippen LogP contribution is 2.52. The second-order valence-corrected chi connectivity index (χ2v) is 7.87. The van der Waals surface area contributed by atoms with Gasteiger partial charge in [0, 0.05) is 50.0 Å². The lowest BCUT2D eigenvalue weighted by Gasteiger charge is -2.55. The van der Waals surface area contributed by atoms with Crippen molar-refractivity contribution in [3.8, 4) is 0 Å². The summed E-state index contributed by atoms with van der Waals surface area (Å²) in [6, 6.07) is 0.454. The molecule has 0 aromatic carbocycles. The molecule has 4 rings (SSSR count). The molecule has 1 aromatic heterocycles. The van der Waals surface area contributed by atoms with Gasteiger partial charge < -0.3 is 15.0 Å². The predicted octanol–water partition coefficient (Wildman–Crippen LogP) is 1.37. The average Bonchev–Trinajstić information content (AvgIpc) is 3.27. The van der Waals surface area contributed by atoms with Crippen molar-refractivity contribution in [1.29, 1.82) is 0 Å². The lowest BCUT2D eigenvalue weighted by atomic mass is 9.57. The number of hydrogen-bond donors (Lipinski definition) is 2. The highest BCUT2D eigenvalue weighted by molar-refractivity contribution is 5.80. The molecule has 24 heavy (non-hydrogen) atoms. The molecule has 2 N–H and O–H groups in total. The molecule has 2 aliphatic heterocycles. The van der Waals surface area contributed by atoms with E-state index in [1.165, 1.54) is 0 Å². The maximum atomic E-state index is 5.90. The molecule has 1 aliphatic carbocycles. The molecule has 0 spiro atoms. The fraction of sp³-hybridized carbons (Fsp3) is 0.824. The Morgan fingerprint density at radius 2 is 2.17 bits per heavy atom. The Morgan fingerprint density at radius 1 is 1.38 bits per heavy atom. The predicted molar refractivity (Wildman–Crippen MR) is 91.8 cm³/mol. The SMILES string of the molecule is CN=C(NC1C2CCOC2C1(C)C)N1CCC(c2ncn[nH]2)CC1. The Morgan fingerprint density at radius 3 is 2.83 bits per heavy atom. The van der Waals surface area contributed by atoms with Crippen molar-refractivity contribution in [2.24, 2.45) is 16.3 Å². The molecule has 3 unspecified atom stereocenters. The first-order valence-electron chi connectivity index (χ1n) is 9.06. The van der Waals surface area contributed by atoms with Gasteiger partial charge in [0.25, 0.3) is 0 Å². The van der Waals surface area contributed by atoms with Crippen LogP contribution in [0.25, 0.3) is 0 Å². The fourth-order valence-corrected chi connectivity index (χ4v) is 4.83. The standard InChI is InChI=1S/C17H28N6O/c1-17(2)13(12-6-9-24-14(12)17)21-16(18-3)23-7-4-11(5-8-23)15-19-10-20-22-15/h10-14H,4-9H2,1-3H3,(H,18,21)(H,19,20,22). The Bertz CT molecular complexity index is 590. The molecule has 3 aliphatic rings. The second-order valence-electron chi connectivity index (χ2n) is 7.87. The van der Waals surface area contributed by atoms with E-state index in [0.717, 1.165) is 50.7 Å². The Kier molecular flexibility index (Phi) is 3.98. The molecular weight excluding hydrogens is 304 g/mol. The molecular formula is C17H28N6O. The van der Waals surface area contributed by atoms with Gasteiger partial charge in [-0.2, -0.15) is 5.10 Å². The van der Waals surface area contributed by atoms with E-state index in [4.69, 9.17) is 4.74 Å². The first kappa shape index (κ1) is 15.9. The number of ether oxygens (including phenoxy) is 1. The molecule has 1 aromatic rings. The van der Waals surface area contributed by atoms with E-state index in [0.29, 0.717) is 24.0 Å². The number of guanidine groups is 1. The van der Waals surface area contributed by atoms with Crippen LogP contribution in [0.1, 0.15) is 44.9 Å². The van der Waals surface area contributed by atoms with E-state index >= 15 is 0 Å². The summed E-state index contributed by atoms with van der Waals surface area (Å²) in [5.74, 6) is 3.16. The van der Waals surface area contributed by atoms with Crippen LogP contribution in [0.15, 0.2) is 11.3 Å². The highest BCUT2D eigenvalue weighted by atomic mass is 16.5. The van der Waals surface area contributed by atoms with E-state index in [9.17, 15) is 0 Å². The number of nitrogens with one attached hydrogen (secondary N) is 2. The third-order valence-corrected chi connectivity index (χ3v) is 6.21. The number of likely N-dealkylation sites (tertiary alicyclic amines) is 1. The largest absolute Gasteiger partial charge is 0.377 e. The van der Waals surface area contributed by atoms with Crippen LogP contribution in [0.4, 0.5) is 0 Å². The third kappa shape index (κ3) is 2.49. The van der Waals surface area contributed by atoms with Gasteiger partial charge >= 0.3 is 0 Å². The molecule has 1 saturated carbocycles. The van der Waals surface area contributed by atoms with Crippen LogP contribution >= 0.6 is 0 Å². The number of aromatic amines is 1. The van der Waals surface area contributed by atoms with Gasteiger partial charge in [0.2, 0.25) is 0 Å². The quantitative estimate of drug-likeness (QED) is 0.632. The van der Waals surface area contributed by atoms with Crippen molar-refractivity contribution in [2.75, 3.05) is 26.7 Å². The smallest absolute Gasteiger partial charge is 0.193 e. The van der Waals surface area contributed by atoms with Gasteiger partial charge in [-0.25, -0.2) is 4.98 Å². The van der Waals surface area contributed by atoms with Crippen LogP contribution in [0, 0.1) is 11.3 Å². The Balaban J connectivity index is 1.37. The maximum Gasteiger partial charge on any atom is 0.193 e. The summed E-state index contributed by atoms with van der Waals surface area (Å²) in [5, 5.41) is 10.7. The van der Waals surface area contributed by atoms with Crippen molar-refractivity contribution in [2.45, 2.75) is 51.2 Å². The molecule has 3 atom stereocenters. The molecule has 0 radical (unpaired) electrons. The number of fused-ring (bicyclic) bond motifs is 1. The van der Waals surface area contributed by atoms with Crippen LogP contribution < -0.4 is 5.32 Å². The minimum atomic E-state index is 0.176. The zero-order valence-electron chi connectivity index (χ0n) is 14.8. The first-order valence-corrected chi connectivity index (χ1v) is 9.06. The average molecular weight is 332 g/mol. The van der Waals surface area contributed by atoms with Gasteiger partial charge in [-0.3, -0.25) is 10.1 Å². The number of aliphatic imine (C=N–C) groups is 1. The van der Waals surface area contributed by atoms with Crippen molar-refractivity contribution >= 4 is 5.96 Å². The number of piperidine rings is 1. The van der Waals surface area contributed by atoms with E-state index in [1.54, 1.807) is 6.33 Å². The molecule has 132 valence electrons. The van der Waals surface area contributed by atoms with Crippen LogP contribution in [-0.2, 0) is 4.74 Å². The lowest BCUT2D eigenvalue weighted by Crippen LogP contribution is -2.68. The van der Waals surface area contributed by atoms with Crippen molar-refractivity contribution in [1.82, 2.24) is 25.4 Å². The van der Waals surface area contributed by atoms with Gasteiger partial charge in [0.15, 0.2) is 5.96 Å². The van der Waals surface area contributed by atoms with Crippen LogP contribution in [0.2, 0.25) is 0 Å². The zero-order valence-corrected chi connectivity index (χ0v) is 14.8. The second kappa shape index (κ2) is 6.02. The van der Waals surface area contributed by atoms with Crippen LogP contribution in [-0.4, -0.2) is 64.9 Å². The lowest BCUT2D eigenvalue weighted by molar-refractivity contribution is -0.107. The zero-order chi connectivity index (χ0) is 16.7. The minimum absolute atomic E-state index is 0.176. The highest BCUT2D eigenvalue weighted by Gasteiger charge is 2.59.